The van der Waals surface area contributed by atoms with Crippen LogP contribution >= 0.6 is 0 Å². The number of carbonyl (C=O) groups excluding carboxylic acids is 3. The van der Waals surface area contributed by atoms with Gasteiger partial charge in [0.25, 0.3) is 0 Å². The number of nitrogens with zero attached hydrogens (tertiary/aromatic N) is 3. The van der Waals surface area contributed by atoms with Crippen LogP contribution in [0.1, 0.15) is 66.7 Å². The normalized spacial score (nSPS) is 34.1. The van der Waals surface area contributed by atoms with Gasteiger partial charge in [-0.1, -0.05) is 64.8 Å². The van der Waals surface area contributed by atoms with Crippen molar-refractivity contribution >= 4 is 17.7 Å². The molecule has 8 nitrogen and oxygen atoms in total. The largest absolute Gasteiger partial charge is 0.394 e. The van der Waals surface area contributed by atoms with Gasteiger partial charge in [0, 0.05) is 26.2 Å². The first kappa shape index (κ1) is 27.8. The monoisotopic (exact) mass is 515 g/mol. The quantitative estimate of drug-likeness (QED) is 0.357. The average molecular weight is 516 g/mol. The molecule has 0 aliphatic carbocycles. The van der Waals surface area contributed by atoms with E-state index in [0.29, 0.717) is 32.6 Å². The summed E-state index contributed by atoms with van der Waals surface area (Å²) in [7, 11) is 0. The number of aliphatic hydroxyl groups excluding tert-OH is 1. The van der Waals surface area contributed by atoms with Gasteiger partial charge in [0.05, 0.1) is 30.1 Å². The Kier molecular flexibility index (Phi) is 8.19. The summed E-state index contributed by atoms with van der Waals surface area (Å²) < 4.78 is 6.86. The number of amides is 3. The number of carbonyl (C=O) groups is 3. The molecule has 4 aliphatic heterocycles. The molecule has 37 heavy (non-hydrogen) atoms. The van der Waals surface area contributed by atoms with Crippen molar-refractivity contribution in [3.63, 3.8) is 0 Å². The van der Waals surface area contributed by atoms with Crippen molar-refractivity contribution in [1.29, 1.82) is 0 Å². The number of unbranched alkanes of at least 4 members (excludes halogenated alkanes) is 2. The highest BCUT2D eigenvalue weighted by molar-refractivity contribution is 6.00. The lowest BCUT2D eigenvalue weighted by molar-refractivity contribution is -0.156. The van der Waals surface area contributed by atoms with Crippen LogP contribution in [0, 0.1) is 17.8 Å². The van der Waals surface area contributed by atoms with E-state index < -0.39 is 35.1 Å². The Bertz CT molecular complexity index is 948. The van der Waals surface area contributed by atoms with Crippen molar-refractivity contribution in [3.05, 3.63) is 24.3 Å². The smallest absolute Gasteiger partial charge is 0.249 e. The summed E-state index contributed by atoms with van der Waals surface area (Å²) in [5, 5.41) is 10.4. The number of aliphatic hydroxyl groups is 1. The maximum absolute atomic E-state index is 14.4. The predicted octanol–water partition coefficient (Wildman–Crippen LogP) is 2.76. The molecule has 4 rings (SSSR count). The van der Waals surface area contributed by atoms with Crippen LogP contribution in [-0.4, -0.2) is 93.6 Å². The lowest BCUT2D eigenvalue weighted by atomic mass is 9.74. The zero-order valence-corrected chi connectivity index (χ0v) is 23.2. The Balaban J connectivity index is 1.83. The van der Waals surface area contributed by atoms with Gasteiger partial charge < -0.3 is 24.5 Å². The molecule has 8 heteroatoms. The van der Waals surface area contributed by atoms with Gasteiger partial charge in [-0.15, -0.1) is 0 Å². The molecule has 1 N–H and O–H groups in total. The van der Waals surface area contributed by atoms with E-state index in [2.05, 4.69) is 6.92 Å². The molecular weight excluding hydrogens is 470 g/mol. The maximum Gasteiger partial charge on any atom is 0.249 e. The number of ether oxygens (including phenoxy) is 1. The molecule has 206 valence electrons. The summed E-state index contributed by atoms with van der Waals surface area (Å²) in [4.78, 5) is 47.9. The number of hydrogen-bond donors (Lipinski definition) is 1. The summed E-state index contributed by atoms with van der Waals surface area (Å²) in [5.41, 5.74) is -2.26. The first-order valence-electron chi connectivity index (χ1n) is 14.2. The third-order valence-corrected chi connectivity index (χ3v) is 8.53. The molecule has 2 saturated heterocycles. The highest BCUT2D eigenvalue weighted by Gasteiger charge is 2.75. The van der Waals surface area contributed by atoms with E-state index in [0.717, 1.165) is 25.7 Å². The molecule has 6 atom stereocenters. The van der Waals surface area contributed by atoms with Crippen LogP contribution in [0.25, 0.3) is 0 Å². The van der Waals surface area contributed by atoms with Gasteiger partial charge in [-0.25, -0.2) is 0 Å². The van der Waals surface area contributed by atoms with Gasteiger partial charge in [-0.2, -0.15) is 0 Å². The van der Waals surface area contributed by atoms with E-state index in [1.54, 1.807) is 9.80 Å². The van der Waals surface area contributed by atoms with Crippen LogP contribution < -0.4 is 0 Å². The van der Waals surface area contributed by atoms with Gasteiger partial charge in [0.15, 0.2) is 0 Å². The first-order valence-corrected chi connectivity index (χ1v) is 14.2. The fraction of sp³-hybridized carbons (Fsp3) is 0.759. The van der Waals surface area contributed by atoms with Crippen molar-refractivity contribution in [2.45, 2.75) is 90.0 Å². The number of rotatable bonds is 10. The lowest BCUT2D eigenvalue weighted by Gasteiger charge is -2.40. The fourth-order valence-electron chi connectivity index (χ4n) is 7.00. The van der Waals surface area contributed by atoms with Gasteiger partial charge in [0.1, 0.15) is 11.6 Å². The molecule has 0 aromatic heterocycles. The molecule has 0 saturated carbocycles. The molecule has 0 aromatic carbocycles. The summed E-state index contributed by atoms with van der Waals surface area (Å²) in [6, 6.07) is -1.43. The first-order chi connectivity index (χ1) is 17.6. The Morgan fingerprint density at radius 2 is 1.62 bits per heavy atom. The van der Waals surface area contributed by atoms with E-state index in [1.165, 1.54) is 0 Å². The molecule has 0 bridgehead atoms. The highest BCUT2D eigenvalue weighted by atomic mass is 16.5. The molecular formula is C29H45N3O5. The molecule has 4 heterocycles. The van der Waals surface area contributed by atoms with Crippen LogP contribution in [0.3, 0.4) is 0 Å². The third-order valence-electron chi connectivity index (χ3n) is 8.53. The van der Waals surface area contributed by atoms with Crippen molar-refractivity contribution < 1.29 is 24.2 Å². The van der Waals surface area contributed by atoms with Gasteiger partial charge >= 0.3 is 0 Å². The third kappa shape index (κ3) is 4.65. The lowest BCUT2D eigenvalue weighted by Crippen LogP contribution is -2.59. The van der Waals surface area contributed by atoms with Crippen molar-refractivity contribution in [1.82, 2.24) is 14.7 Å². The summed E-state index contributed by atoms with van der Waals surface area (Å²) in [6.45, 7) is 12.0. The second kappa shape index (κ2) is 10.9. The minimum atomic E-state index is -1.26. The number of hydrogen-bond acceptors (Lipinski definition) is 5. The predicted molar refractivity (Wildman–Crippen MR) is 141 cm³/mol. The van der Waals surface area contributed by atoms with Gasteiger partial charge in [-0.05, 0) is 32.1 Å². The molecule has 2 fully saturated rings. The second-order valence-electron chi connectivity index (χ2n) is 11.8. The second-order valence-corrected chi connectivity index (χ2v) is 11.8. The molecule has 1 spiro atoms. The van der Waals surface area contributed by atoms with Crippen LogP contribution in [0.15, 0.2) is 24.3 Å². The minimum Gasteiger partial charge on any atom is -0.394 e. The Morgan fingerprint density at radius 1 is 0.946 bits per heavy atom. The summed E-state index contributed by atoms with van der Waals surface area (Å²) in [5.74, 6) is -1.85. The summed E-state index contributed by atoms with van der Waals surface area (Å²) >= 11 is 0. The zero-order valence-electron chi connectivity index (χ0n) is 23.2. The van der Waals surface area contributed by atoms with Crippen LogP contribution in [0.2, 0.25) is 0 Å². The molecule has 4 aliphatic rings. The van der Waals surface area contributed by atoms with Gasteiger partial charge in [-0.3, -0.25) is 14.4 Å². The molecule has 3 amide bonds. The van der Waals surface area contributed by atoms with Crippen molar-refractivity contribution in [2.24, 2.45) is 17.8 Å². The number of fused-ring (bicyclic) bond motifs is 2. The Hall–Kier alpha value is -2.19. The molecule has 0 radical (unpaired) electrons. The fourth-order valence-corrected chi connectivity index (χ4v) is 7.00. The van der Waals surface area contributed by atoms with Gasteiger partial charge in [0.2, 0.25) is 17.7 Å². The van der Waals surface area contributed by atoms with E-state index in [9.17, 15) is 19.5 Å². The zero-order chi connectivity index (χ0) is 27.0. The van der Waals surface area contributed by atoms with E-state index in [4.69, 9.17) is 4.74 Å². The van der Waals surface area contributed by atoms with Crippen LogP contribution in [-0.2, 0) is 19.1 Å². The van der Waals surface area contributed by atoms with Crippen LogP contribution in [0.5, 0.6) is 0 Å². The number of likely N-dealkylation sites (tertiary alicyclic amines) is 1. The van der Waals surface area contributed by atoms with E-state index in [1.807, 2.05) is 56.9 Å². The molecule has 1 unspecified atom stereocenters. The summed E-state index contributed by atoms with van der Waals surface area (Å²) in [6.07, 6.45) is 12.0. The minimum absolute atomic E-state index is 0.0977. The molecule has 0 aromatic rings. The standard InChI is InChI=1S/C29H45N3O5/c1-6-8-9-15-31-17-11-13-29-23(22-25(34)30(14-7-2)16-10-12-28(22,5)37-29)26(35)32(24(29)27(31)36)21(19-33)18-20(3)4/h10-13,20-24,33H,6-9,14-19H2,1-5H3/t21-,22-,23+,24?,28+,29+/m1/s1. The Labute approximate surface area is 221 Å². The van der Waals surface area contributed by atoms with Crippen LogP contribution in [0.4, 0.5) is 0 Å². The van der Waals surface area contributed by atoms with E-state index in [-0.39, 0.29) is 30.2 Å². The average Bonchev–Trinajstić information content (AvgIpc) is 3.13. The highest BCUT2D eigenvalue weighted by Crippen LogP contribution is 2.58. The maximum atomic E-state index is 14.4. The van der Waals surface area contributed by atoms with Crippen molar-refractivity contribution in [2.75, 3.05) is 32.8 Å². The van der Waals surface area contributed by atoms with Crippen molar-refractivity contribution in [3.8, 4) is 0 Å². The SMILES string of the molecule is CCCCCN1CC=C[C@]23O[C@@]4(C)C=CCN(CCC)C(=O)[C@H]4[C@H]2C(=O)N([C@@H](CO)CC(C)C)C3C1=O. The topological polar surface area (TPSA) is 90.4 Å². The Morgan fingerprint density at radius 3 is 2.24 bits per heavy atom. The van der Waals surface area contributed by atoms with E-state index >= 15 is 0 Å².